The number of ether oxygens (including phenoxy) is 1. The Balaban J connectivity index is 1.55. The van der Waals surface area contributed by atoms with Crippen LogP contribution in [0.1, 0.15) is 18.4 Å². The highest BCUT2D eigenvalue weighted by molar-refractivity contribution is 7.92. The van der Waals surface area contributed by atoms with Crippen molar-refractivity contribution in [3.63, 3.8) is 0 Å². The number of nitrogens with one attached hydrogen (secondary N) is 1. The fourth-order valence-electron chi connectivity index (χ4n) is 2.96. The van der Waals surface area contributed by atoms with E-state index in [1.165, 1.54) is 12.1 Å². The van der Waals surface area contributed by atoms with Crippen LogP contribution in [-0.2, 0) is 15.6 Å². The predicted octanol–water partition coefficient (Wildman–Crippen LogP) is 4.88. The quantitative estimate of drug-likeness (QED) is 0.602. The molecule has 0 radical (unpaired) electrons. The van der Waals surface area contributed by atoms with Gasteiger partial charge in [0.15, 0.2) is 0 Å². The molecule has 0 amide bonds. The Morgan fingerprint density at radius 3 is 2.25 bits per heavy atom. The maximum absolute atomic E-state index is 12.8. The van der Waals surface area contributed by atoms with Crippen LogP contribution in [0.25, 0.3) is 0 Å². The van der Waals surface area contributed by atoms with Crippen LogP contribution in [0.3, 0.4) is 0 Å². The molecule has 4 rings (SSSR count). The maximum Gasteiger partial charge on any atom is 0.261 e. The number of anilines is 1. The normalized spacial score (nSPS) is 15.1. The Bertz CT molecular complexity index is 1110. The number of benzene rings is 3. The fraction of sp³-hybridized carbons (Fsp3) is 0.143. The monoisotopic (exact) mass is 414 g/mol. The molecule has 28 heavy (non-hydrogen) atoms. The van der Waals surface area contributed by atoms with Crippen molar-refractivity contribution >= 4 is 27.3 Å². The van der Waals surface area contributed by atoms with Gasteiger partial charge in [-0.25, -0.2) is 8.42 Å². The summed E-state index contributed by atoms with van der Waals surface area (Å²) in [6.07, 6.45) is 1.69. The van der Waals surface area contributed by atoms with Gasteiger partial charge in [0.1, 0.15) is 11.5 Å². The van der Waals surface area contributed by atoms with Crippen LogP contribution < -0.4 is 15.2 Å². The molecule has 144 valence electrons. The Labute approximate surface area is 169 Å². The Kier molecular flexibility index (Phi) is 4.79. The minimum Gasteiger partial charge on any atom is -0.456 e. The maximum atomic E-state index is 12.8. The average Bonchev–Trinajstić information content (AvgIpc) is 3.43. The summed E-state index contributed by atoms with van der Waals surface area (Å²) in [5.41, 5.74) is 7.16. The van der Waals surface area contributed by atoms with E-state index in [0.717, 1.165) is 18.4 Å². The van der Waals surface area contributed by atoms with Crippen LogP contribution in [0, 0.1) is 0 Å². The lowest BCUT2D eigenvalue weighted by Crippen LogP contribution is -2.22. The van der Waals surface area contributed by atoms with Crippen molar-refractivity contribution in [3.05, 3.63) is 83.4 Å². The van der Waals surface area contributed by atoms with E-state index >= 15 is 0 Å². The minimum absolute atomic E-state index is 0.135. The number of hydrogen-bond donors (Lipinski definition) is 2. The first-order valence-corrected chi connectivity index (χ1v) is 10.7. The van der Waals surface area contributed by atoms with E-state index in [2.05, 4.69) is 4.72 Å². The number of halogens is 1. The minimum atomic E-state index is -3.75. The second-order valence-electron chi connectivity index (χ2n) is 6.81. The number of para-hydroxylation sites is 2. The number of hydrogen-bond acceptors (Lipinski definition) is 4. The number of rotatable bonds is 6. The van der Waals surface area contributed by atoms with Crippen LogP contribution in [0.5, 0.6) is 11.5 Å². The summed E-state index contributed by atoms with van der Waals surface area (Å²) in [4.78, 5) is 0.135. The first kappa shape index (κ1) is 18.8. The molecule has 3 aromatic carbocycles. The van der Waals surface area contributed by atoms with Crippen molar-refractivity contribution in [1.29, 1.82) is 0 Å². The van der Waals surface area contributed by atoms with Crippen molar-refractivity contribution < 1.29 is 13.2 Å². The van der Waals surface area contributed by atoms with E-state index in [9.17, 15) is 8.42 Å². The average molecular weight is 415 g/mol. The number of nitrogens with two attached hydrogens (primary N) is 1. The highest BCUT2D eigenvalue weighted by atomic mass is 35.5. The molecule has 0 aliphatic heterocycles. The summed E-state index contributed by atoms with van der Waals surface area (Å²) in [7, 11) is -3.75. The van der Waals surface area contributed by atoms with E-state index in [1.807, 2.05) is 24.3 Å². The van der Waals surface area contributed by atoms with Crippen molar-refractivity contribution in [2.45, 2.75) is 23.3 Å². The van der Waals surface area contributed by atoms with Gasteiger partial charge in [0.25, 0.3) is 10.0 Å². The highest BCUT2D eigenvalue weighted by Gasteiger charge is 2.41. The van der Waals surface area contributed by atoms with E-state index in [0.29, 0.717) is 22.2 Å². The van der Waals surface area contributed by atoms with Gasteiger partial charge in [0.05, 0.1) is 15.6 Å². The van der Waals surface area contributed by atoms with Gasteiger partial charge in [0.2, 0.25) is 0 Å². The van der Waals surface area contributed by atoms with Crippen molar-refractivity contribution in [1.82, 2.24) is 0 Å². The lowest BCUT2D eigenvalue weighted by molar-refractivity contribution is 0.482. The summed E-state index contributed by atoms with van der Waals surface area (Å²) >= 11 is 6.08. The zero-order valence-corrected chi connectivity index (χ0v) is 16.5. The summed E-state index contributed by atoms with van der Waals surface area (Å²) in [6, 6.07) is 20.5. The Hall–Kier alpha value is -2.54. The van der Waals surface area contributed by atoms with Crippen LogP contribution in [0.4, 0.5) is 5.69 Å². The zero-order valence-electron chi connectivity index (χ0n) is 14.9. The summed E-state index contributed by atoms with van der Waals surface area (Å²) in [5.74, 6) is 0.996. The molecule has 3 N–H and O–H groups in total. The molecule has 0 spiro atoms. The molecule has 0 bridgehead atoms. The van der Waals surface area contributed by atoms with E-state index < -0.39 is 15.6 Å². The second kappa shape index (κ2) is 7.13. The molecule has 0 heterocycles. The van der Waals surface area contributed by atoms with Crippen molar-refractivity contribution in [3.8, 4) is 11.5 Å². The third-order valence-electron chi connectivity index (χ3n) is 4.69. The topological polar surface area (TPSA) is 81.4 Å². The van der Waals surface area contributed by atoms with Crippen molar-refractivity contribution in [2.24, 2.45) is 5.73 Å². The fourth-order valence-corrected chi connectivity index (χ4v) is 4.21. The van der Waals surface area contributed by atoms with Crippen LogP contribution in [-0.4, -0.2) is 8.42 Å². The summed E-state index contributed by atoms with van der Waals surface area (Å²) < 4.78 is 34.0. The molecule has 0 aromatic heterocycles. The van der Waals surface area contributed by atoms with Crippen LogP contribution in [0.2, 0.25) is 5.02 Å². The largest absolute Gasteiger partial charge is 0.456 e. The van der Waals surface area contributed by atoms with Gasteiger partial charge in [0, 0.05) is 5.54 Å². The van der Waals surface area contributed by atoms with E-state index in [4.69, 9.17) is 22.1 Å². The van der Waals surface area contributed by atoms with Crippen LogP contribution in [0.15, 0.2) is 77.7 Å². The highest BCUT2D eigenvalue weighted by Crippen LogP contribution is 2.45. The third kappa shape index (κ3) is 3.85. The SMILES string of the molecule is NC1(c2ccccc2NS(=O)(=O)c2ccc(Oc3ccccc3Cl)cc2)CC1. The third-order valence-corrected chi connectivity index (χ3v) is 6.39. The first-order chi connectivity index (χ1) is 13.4. The predicted molar refractivity (Wildman–Crippen MR) is 110 cm³/mol. The van der Waals surface area contributed by atoms with Gasteiger partial charge >= 0.3 is 0 Å². The van der Waals surface area contributed by atoms with Gasteiger partial charge in [-0.3, -0.25) is 4.72 Å². The molecule has 5 nitrogen and oxygen atoms in total. The second-order valence-corrected chi connectivity index (χ2v) is 8.90. The van der Waals surface area contributed by atoms with Crippen molar-refractivity contribution in [2.75, 3.05) is 4.72 Å². The molecule has 1 saturated carbocycles. The molecular weight excluding hydrogens is 396 g/mol. The van der Waals surface area contributed by atoms with Gasteiger partial charge in [-0.1, -0.05) is 41.9 Å². The lowest BCUT2D eigenvalue weighted by atomic mass is 10.0. The van der Waals surface area contributed by atoms with Gasteiger partial charge in [-0.15, -0.1) is 0 Å². The molecule has 3 aromatic rings. The zero-order chi connectivity index (χ0) is 19.8. The van der Waals surface area contributed by atoms with Crippen LogP contribution >= 0.6 is 11.6 Å². The lowest BCUT2D eigenvalue weighted by Gasteiger charge is -2.17. The molecule has 1 fully saturated rings. The molecular formula is C21H19ClN2O3S. The number of sulfonamides is 1. The molecule has 0 unspecified atom stereocenters. The standard InChI is InChI=1S/C21H19ClN2O3S/c22-18-6-2-4-8-20(18)27-15-9-11-16(12-10-15)28(25,26)24-19-7-3-1-5-17(19)21(23)13-14-21/h1-12,24H,13-14,23H2. The Morgan fingerprint density at radius 1 is 0.929 bits per heavy atom. The summed E-state index contributed by atoms with van der Waals surface area (Å²) in [6.45, 7) is 0. The molecule has 0 saturated heterocycles. The van der Waals surface area contributed by atoms with Gasteiger partial charge in [-0.05, 0) is 60.9 Å². The summed E-state index contributed by atoms with van der Waals surface area (Å²) in [5, 5.41) is 0.480. The van der Waals surface area contributed by atoms with Gasteiger partial charge < -0.3 is 10.5 Å². The smallest absolute Gasteiger partial charge is 0.261 e. The first-order valence-electron chi connectivity index (χ1n) is 8.81. The molecule has 7 heteroatoms. The molecule has 1 aliphatic carbocycles. The molecule has 1 aliphatic rings. The van der Waals surface area contributed by atoms with E-state index in [1.54, 1.807) is 36.4 Å². The molecule has 0 atom stereocenters. The van der Waals surface area contributed by atoms with E-state index in [-0.39, 0.29) is 4.90 Å². The van der Waals surface area contributed by atoms with Gasteiger partial charge in [-0.2, -0.15) is 0 Å². The Morgan fingerprint density at radius 2 is 1.57 bits per heavy atom.